The third-order valence-corrected chi connectivity index (χ3v) is 6.35. The van der Waals surface area contributed by atoms with Crippen molar-refractivity contribution >= 4 is 63.1 Å². The topological polar surface area (TPSA) is 92.8 Å². The normalized spacial score (nSPS) is 14.7. The van der Waals surface area contributed by atoms with E-state index in [0.717, 1.165) is 20.5 Å². The Morgan fingerprint density at radius 3 is 2.44 bits per heavy atom. The number of carbonyl (C=O) groups is 4. The summed E-state index contributed by atoms with van der Waals surface area (Å²) in [7, 11) is 0. The van der Waals surface area contributed by atoms with Gasteiger partial charge in [0.25, 0.3) is 11.8 Å². The quantitative estimate of drug-likeness (QED) is 0.240. The van der Waals surface area contributed by atoms with Gasteiger partial charge in [-0.3, -0.25) is 14.9 Å². The number of barbiturate groups is 1. The van der Waals surface area contributed by atoms with Gasteiger partial charge in [0.1, 0.15) is 5.57 Å². The lowest BCUT2D eigenvalue weighted by atomic mass is 9.97. The van der Waals surface area contributed by atoms with Gasteiger partial charge in [-0.25, -0.2) is 14.5 Å². The van der Waals surface area contributed by atoms with E-state index in [4.69, 9.17) is 16.3 Å². The fourth-order valence-electron chi connectivity index (χ4n) is 3.72. The van der Waals surface area contributed by atoms with Crippen LogP contribution in [0.5, 0.6) is 0 Å². The van der Waals surface area contributed by atoms with Crippen molar-refractivity contribution in [2.45, 2.75) is 13.3 Å². The van der Waals surface area contributed by atoms with Gasteiger partial charge in [-0.1, -0.05) is 51.8 Å². The summed E-state index contributed by atoms with van der Waals surface area (Å²) in [4.78, 5) is 51.4. The smallest absolute Gasteiger partial charge is 0.338 e. The number of hydrogen-bond donors (Lipinski definition) is 1. The first kappa shape index (κ1) is 25.3. The number of nitrogens with one attached hydrogen (secondary N) is 1. The molecule has 3 aromatic carbocycles. The van der Waals surface area contributed by atoms with E-state index in [1.807, 2.05) is 30.3 Å². The van der Waals surface area contributed by atoms with Crippen LogP contribution in [0.15, 0.2) is 76.8 Å². The summed E-state index contributed by atoms with van der Waals surface area (Å²) in [6.07, 6.45) is 1.93. The predicted octanol–water partition coefficient (Wildman–Crippen LogP) is 5.54. The Morgan fingerprint density at radius 2 is 1.75 bits per heavy atom. The second kappa shape index (κ2) is 10.9. The maximum atomic E-state index is 13.3. The van der Waals surface area contributed by atoms with E-state index in [1.165, 1.54) is 30.3 Å². The zero-order valence-electron chi connectivity index (χ0n) is 19.1. The third kappa shape index (κ3) is 5.40. The molecule has 7 nitrogen and oxygen atoms in total. The van der Waals surface area contributed by atoms with Gasteiger partial charge < -0.3 is 4.74 Å². The summed E-state index contributed by atoms with van der Waals surface area (Å²) in [6, 6.07) is 17.8. The minimum atomic E-state index is -0.878. The lowest BCUT2D eigenvalue weighted by molar-refractivity contribution is -0.122. The number of anilines is 1. The molecule has 1 N–H and O–H groups in total. The van der Waals surface area contributed by atoms with Crippen LogP contribution >= 0.6 is 27.5 Å². The third-order valence-electron chi connectivity index (χ3n) is 5.48. The highest BCUT2D eigenvalue weighted by Crippen LogP contribution is 2.27. The number of benzene rings is 3. The highest BCUT2D eigenvalue weighted by atomic mass is 79.9. The van der Waals surface area contributed by atoms with E-state index >= 15 is 0 Å². The van der Waals surface area contributed by atoms with Gasteiger partial charge >= 0.3 is 12.0 Å². The number of halogens is 2. The van der Waals surface area contributed by atoms with Gasteiger partial charge in [0, 0.05) is 9.50 Å². The van der Waals surface area contributed by atoms with Crippen LogP contribution in [0.3, 0.4) is 0 Å². The monoisotopic (exact) mass is 566 g/mol. The molecule has 4 amide bonds. The summed E-state index contributed by atoms with van der Waals surface area (Å²) in [5, 5.41) is 2.82. The zero-order valence-corrected chi connectivity index (χ0v) is 21.4. The van der Waals surface area contributed by atoms with Crippen LogP contribution in [0.2, 0.25) is 5.02 Å². The maximum absolute atomic E-state index is 13.3. The standard InChI is InChI=1S/C27H20BrClN2O5/c1-2-36-26(34)16-8-11-21(12-9-16)31-25(33)22(24(32)30-27(31)35)15-19-14-20(28)10-7-17(19)13-18-5-3-4-6-23(18)29/h3-12,14-15H,2,13H2,1H3,(H,30,32,35)/b22-15+. The van der Waals surface area contributed by atoms with Crippen molar-refractivity contribution in [1.82, 2.24) is 5.32 Å². The number of ether oxygens (including phenoxy) is 1. The Morgan fingerprint density at radius 1 is 1.03 bits per heavy atom. The largest absolute Gasteiger partial charge is 0.462 e. The van der Waals surface area contributed by atoms with Crippen molar-refractivity contribution < 1.29 is 23.9 Å². The molecule has 0 saturated carbocycles. The van der Waals surface area contributed by atoms with Crippen LogP contribution < -0.4 is 10.2 Å². The summed E-state index contributed by atoms with van der Waals surface area (Å²) in [5.41, 5.74) is 2.61. The molecule has 36 heavy (non-hydrogen) atoms. The number of rotatable bonds is 6. The van der Waals surface area contributed by atoms with Crippen LogP contribution in [0.4, 0.5) is 10.5 Å². The molecule has 0 atom stereocenters. The van der Waals surface area contributed by atoms with Crippen LogP contribution in [0.25, 0.3) is 6.08 Å². The number of amides is 4. The van der Waals surface area contributed by atoms with Gasteiger partial charge in [-0.15, -0.1) is 0 Å². The van der Waals surface area contributed by atoms with E-state index in [1.54, 1.807) is 19.1 Å². The Hall–Kier alpha value is -3.75. The highest BCUT2D eigenvalue weighted by molar-refractivity contribution is 9.10. The fourth-order valence-corrected chi connectivity index (χ4v) is 4.30. The maximum Gasteiger partial charge on any atom is 0.338 e. The SMILES string of the molecule is CCOC(=O)c1ccc(N2C(=O)NC(=O)/C(=C\c3cc(Br)ccc3Cc3ccccc3Cl)C2=O)cc1. The Bertz CT molecular complexity index is 1400. The lowest BCUT2D eigenvalue weighted by Crippen LogP contribution is -2.54. The van der Waals surface area contributed by atoms with E-state index < -0.39 is 23.8 Å². The molecular formula is C27H20BrClN2O5. The van der Waals surface area contributed by atoms with Crippen LogP contribution in [-0.4, -0.2) is 30.4 Å². The molecule has 1 fully saturated rings. The molecule has 0 spiro atoms. The molecule has 182 valence electrons. The highest BCUT2D eigenvalue weighted by Gasteiger charge is 2.37. The van der Waals surface area contributed by atoms with E-state index in [9.17, 15) is 19.2 Å². The first-order chi connectivity index (χ1) is 17.3. The average molecular weight is 568 g/mol. The number of urea groups is 1. The molecule has 1 heterocycles. The minimum Gasteiger partial charge on any atom is -0.462 e. The second-order valence-corrected chi connectivity index (χ2v) is 9.16. The Labute approximate surface area is 220 Å². The molecule has 0 aliphatic carbocycles. The molecule has 0 unspecified atom stereocenters. The molecule has 3 aromatic rings. The molecule has 0 bridgehead atoms. The zero-order chi connectivity index (χ0) is 25.8. The summed E-state index contributed by atoms with van der Waals surface area (Å²) < 4.78 is 5.71. The fraction of sp³-hybridized carbons (Fsp3) is 0.111. The van der Waals surface area contributed by atoms with E-state index in [-0.39, 0.29) is 23.4 Å². The number of carbonyl (C=O) groups excluding carboxylic acids is 4. The van der Waals surface area contributed by atoms with Crippen LogP contribution in [-0.2, 0) is 20.7 Å². The first-order valence-corrected chi connectivity index (χ1v) is 12.2. The molecule has 0 aromatic heterocycles. The first-order valence-electron chi connectivity index (χ1n) is 11.0. The molecule has 1 aliphatic heterocycles. The molecule has 0 radical (unpaired) electrons. The molecular weight excluding hydrogens is 548 g/mol. The van der Waals surface area contributed by atoms with E-state index in [0.29, 0.717) is 17.0 Å². The Balaban J connectivity index is 1.69. The summed E-state index contributed by atoms with van der Waals surface area (Å²) in [5.74, 6) is -2.10. The second-order valence-electron chi connectivity index (χ2n) is 7.84. The molecule has 4 rings (SSSR count). The van der Waals surface area contributed by atoms with E-state index in [2.05, 4.69) is 21.2 Å². The van der Waals surface area contributed by atoms with Crippen LogP contribution in [0.1, 0.15) is 34.0 Å². The van der Waals surface area contributed by atoms with Gasteiger partial charge in [0.05, 0.1) is 17.9 Å². The van der Waals surface area contributed by atoms with Crippen molar-refractivity contribution in [2.75, 3.05) is 11.5 Å². The predicted molar refractivity (Wildman–Crippen MR) is 140 cm³/mol. The van der Waals surface area contributed by atoms with Gasteiger partial charge in [-0.05, 0) is 78.6 Å². The Kier molecular flexibility index (Phi) is 7.67. The van der Waals surface area contributed by atoms with Gasteiger partial charge in [-0.2, -0.15) is 0 Å². The van der Waals surface area contributed by atoms with Crippen molar-refractivity contribution in [1.29, 1.82) is 0 Å². The average Bonchev–Trinajstić information content (AvgIpc) is 2.85. The lowest BCUT2D eigenvalue weighted by Gasteiger charge is -2.26. The minimum absolute atomic E-state index is 0.203. The summed E-state index contributed by atoms with van der Waals surface area (Å²) in [6.45, 7) is 1.91. The number of imide groups is 2. The molecule has 1 saturated heterocycles. The molecule has 1 aliphatic rings. The summed E-state index contributed by atoms with van der Waals surface area (Å²) >= 11 is 9.77. The number of esters is 1. The van der Waals surface area contributed by atoms with Crippen LogP contribution in [0, 0.1) is 0 Å². The molecule has 9 heteroatoms. The van der Waals surface area contributed by atoms with Crippen molar-refractivity contribution in [3.05, 3.63) is 104 Å². The van der Waals surface area contributed by atoms with Gasteiger partial charge in [0.15, 0.2) is 0 Å². The number of hydrogen-bond acceptors (Lipinski definition) is 5. The van der Waals surface area contributed by atoms with Crippen molar-refractivity contribution in [3.8, 4) is 0 Å². The van der Waals surface area contributed by atoms with Crippen molar-refractivity contribution in [3.63, 3.8) is 0 Å². The number of nitrogens with zero attached hydrogens (tertiary/aromatic N) is 1. The van der Waals surface area contributed by atoms with Gasteiger partial charge in [0.2, 0.25) is 0 Å². The van der Waals surface area contributed by atoms with Crippen molar-refractivity contribution in [2.24, 2.45) is 0 Å².